The summed E-state index contributed by atoms with van der Waals surface area (Å²) in [5.74, 6) is -0.875. The molecule has 0 radical (unpaired) electrons. The molecule has 0 saturated carbocycles. The fraction of sp³-hybridized carbons (Fsp3) is 0.294. The van der Waals surface area contributed by atoms with Gasteiger partial charge < -0.3 is 5.11 Å². The number of aromatic carboxylic acids is 1. The van der Waals surface area contributed by atoms with Crippen molar-refractivity contribution in [2.45, 2.75) is 32.2 Å². The second-order valence-electron chi connectivity index (χ2n) is 4.93. The Balaban J connectivity index is 1.67. The van der Waals surface area contributed by atoms with E-state index in [4.69, 9.17) is 5.11 Å². The zero-order valence-corrected chi connectivity index (χ0v) is 11.5. The number of carbonyl (C=O) groups is 1. The maximum absolute atomic E-state index is 10.7. The number of carboxylic acids is 1. The maximum atomic E-state index is 10.7. The highest BCUT2D eigenvalue weighted by atomic mass is 16.4. The lowest BCUT2D eigenvalue weighted by molar-refractivity contribution is -0.697. The Morgan fingerprint density at radius 3 is 2.30 bits per heavy atom. The Morgan fingerprint density at radius 2 is 1.65 bits per heavy atom. The summed E-state index contributed by atoms with van der Waals surface area (Å²) >= 11 is 0. The molecule has 0 bridgehead atoms. The normalized spacial score (nSPS) is 10.4. The van der Waals surface area contributed by atoms with Crippen molar-refractivity contribution in [3.63, 3.8) is 0 Å². The van der Waals surface area contributed by atoms with Gasteiger partial charge in [0.25, 0.3) is 0 Å². The average molecular weight is 270 g/mol. The van der Waals surface area contributed by atoms with Crippen molar-refractivity contribution >= 4 is 5.97 Å². The van der Waals surface area contributed by atoms with Crippen LogP contribution >= 0.6 is 0 Å². The van der Waals surface area contributed by atoms with E-state index in [0.717, 1.165) is 19.4 Å². The topological polar surface area (TPSA) is 41.2 Å². The molecule has 3 heteroatoms. The van der Waals surface area contributed by atoms with Crippen molar-refractivity contribution < 1.29 is 14.5 Å². The predicted molar refractivity (Wildman–Crippen MR) is 77.6 cm³/mol. The Hall–Kier alpha value is -2.16. The van der Waals surface area contributed by atoms with Gasteiger partial charge in [-0.2, -0.15) is 0 Å². The molecular formula is C17H20NO2+. The number of pyridine rings is 1. The molecule has 0 aliphatic heterocycles. The van der Waals surface area contributed by atoms with Gasteiger partial charge in [-0.05, 0) is 24.8 Å². The second kappa shape index (κ2) is 7.43. The summed E-state index contributed by atoms with van der Waals surface area (Å²) in [6, 6.07) is 13.8. The van der Waals surface area contributed by atoms with E-state index in [1.165, 1.54) is 18.4 Å². The molecule has 1 aromatic carbocycles. The molecular weight excluding hydrogens is 250 g/mol. The fourth-order valence-electron chi connectivity index (χ4n) is 2.19. The van der Waals surface area contributed by atoms with Gasteiger partial charge in [0.1, 0.15) is 6.54 Å². The van der Waals surface area contributed by atoms with E-state index in [-0.39, 0.29) is 0 Å². The molecule has 0 saturated heterocycles. The summed E-state index contributed by atoms with van der Waals surface area (Å²) in [5.41, 5.74) is 1.73. The molecule has 0 aliphatic carbocycles. The molecule has 0 aliphatic rings. The first-order valence-electron chi connectivity index (χ1n) is 7.02. The molecule has 104 valence electrons. The number of rotatable bonds is 7. The third-order valence-corrected chi connectivity index (χ3v) is 3.36. The quantitative estimate of drug-likeness (QED) is 0.620. The number of nitrogens with zero attached hydrogens (tertiary/aromatic N) is 1. The first-order valence-corrected chi connectivity index (χ1v) is 7.02. The van der Waals surface area contributed by atoms with Gasteiger partial charge in [0, 0.05) is 18.6 Å². The van der Waals surface area contributed by atoms with E-state index in [2.05, 4.69) is 24.3 Å². The van der Waals surface area contributed by atoms with Crippen LogP contribution in [0.5, 0.6) is 0 Å². The maximum Gasteiger partial charge on any atom is 0.336 e. The standard InChI is InChI=1S/C17H19NO2/c19-17(20)16-10-13-18(14-11-16)12-6-2-5-9-15-7-3-1-4-8-15/h1,3-4,7-8,10-11,13-14H,2,5-6,9,12H2/p+1. The summed E-state index contributed by atoms with van der Waals surface area (Å²) in [6.07, 6.45) is 8.29. The predicted octanol–water partition coefficient (Wildman–Crippen LogP) is 3.09. The molecule has 20 heavy (non-hydrogen) atoms. The van der Waals surface area contributed by atoms with Gasteiger partial charge >= 0.3 is 5.97 Å². The third kappa shape index (κ3) is 4.50. The minimum atomic E-state index is -0.875. The van der Waals surface area contributed by atoms with E-state index >= 15 is 0 Å². The smallest absolute Gasteiger partial charge is 0.336 e. The van der Waals surface area contributed by atoms with Gasteiger partial charge in [0.05, 0.1) is 5.56 Å². The molecule has 0 spiro atoms. The number of benzene rings is 1. The van der Waals surface area contributed by atoms with Crippen molar-refractivity contribution in [3.05, 3.63) is 66.0 Å². The monoisotopic (exact) mass is 270 g/mol. The van der Waals surface area contributed by atoms with Gasteiger partial charge in [-0.3, -0.25) is 0 Å². The van der Waals surface area contributed by atoms with Gasteiger partial charge in [0.15, 0.2) is 12.4 Å². The van der Waals surface area contributed by atoms with Crippen LogP contribution in [0.4, 0.5) is 0 Å². The average Bonchev–Trinajstić information content (AvgIpc) is 2.48. The SMILES string of the molecule is O=C(O)c1cc[n+](CCCCCc2ccccc2)cc1. The summed E-state index contributed by atoms with van der Waals surface area (Å²) in [7, 11) is 0. The number of aryl methyl sites for hydroxylation is 2. The van der Waals surface area contributed by atoms with Crippen LogP contribution in [0.25, 0.3) is 0 Å². The Labute approximate surface area is 119 Å². The molecule has 3 nitrogen and oxygen atoms in total. The van der Waals surface area contributed by atoms with Crippen LogP contribution in [0.1, 0.15) is 35.2 Å². The molecule has 0 unspecified atom stereocenters. The first-order chi connectivity index (χ1) is 9.75. The number of carboxylic acid groups (broad SMARTS) is 1. The Bertz CT molecular complexity index is 535. The van der Waals surface area contributed by atoms with Crippen LogP contribution in [0.15, 0.2) is 54.9 Å². The van der Waals surface area contributed by atoms with Crippen molar-refractivity contribution in [3.8, 4) is 0 Å². The summed E-state index contributed by atoms with van der Waals surface area (Å²) in [6.45, 7) is 0.939. The van der Waals surface area contributed by atoms with E-state index in [1.807, 2.05) is 23.0 Å². The molecule has 2 aromatic rings. The van der Waals surface area contributed by atoms with E-state index < -0.39 is 5.97 Å². The van der Waals surface area contributed by atoms with E-state index in [1.54, 1.807) is 12.1 Å². The lowest BCUT2D eigenvalue weighted by Gasteiger charge is -2.01. The zero-order chi connectivity index (χ0) is 14.2. The van der Waals surface area contributed by atoms with Crippen molar-refractivity contribution in [1.29, 1.82) is 0 Å². The number of aromatic nitrogens is 1. The first kappa shape index (κ1) is 14.3. The van der Waals surface area contributed by atoms with Crippen LogP contribution in [-0.4, -0.2) is 11.1 Å². The number of unbranched alkanes of at least 4 members (excludes halogenated alkanes) is 2. The molecule has 0 atom stereocenters. The number of hydrogen-bond acceptors (Lipinski definition) is 1. The molecule has 1 N–H and O–H groups in total. The fourth-order valence-corrected chi connectivity index (χ4v) is 2.19. The highest BCUT2D eigenvalue weighted by molar-refractivity contribution is 5.87. The zero-order valence-electron chi connectivity index (χ0n) is 11.5. The van der Waals surface area contributed by atoms with Crippen molar-refractivity contribution in [1.82, 2.24) is 0 Å². The van der Waals surface area contributed by atoms with Gasteiger partial charge in [0.2, 0.25) is 0 Å². The lowest BCUT2D eigenvalue weighted by atomic mass is 10.1. The largest absolute Gasteiger partial charge is 0.478 e. The van der Waals surface area contributed by atoms with Gasteiger partial charge in [-0.15, -0.1) is 0 Å². The van der Waals surface area contributed by atoms with Crippen LogP contribution in [0, 0.1) is 0 Å². The summed E-state index contributed by atoms with van der Waals surface area (Å²) < 4.78 is 2.04. The van der Waals surface area contributed by atoms with E-state index in [9.17, 15) is 4.79 Å². The Kier molecular flexibility index (Phi) is 5.30. The second-order valence-corrected chi connectivity index (χ2v) is 4.93. The van der Waals surface area contributed by atoms with Crippen molar-refractivity contribution in [2.75, 3.05) is 0 Å². The molecule has 1 heterocycles. The molecule has 1 aromatic heterocycles. The Morgan fingerprint density at radius 1 is 0.950 bits per heavy atom. The minimum Gasteiger partial charge on any atom is -0.478 e. The summed E-state index contributed by atoms with van der Waals surface area (Å²) in [4.78, 5) is 10.7. The van der Waals surface area contributed by atoms with Crippen LogP contribution in [0.2, 0.25) is 0 Å². The molecule has 0 amide bonds. The molecule has 0 fully saturated rings. The minimum absolute atomic E-state index is 0.338. The number of hydrogen-bond donors (Lipinski definition) is 1. The van der Waals surface area contributed by atoms with Gasteiger partial charge in [-0.1, -0.05) is 30.3 Å². The lowest BCUT2D eigenvalue weighted by Crippen LogP contribution is -2.32. The highest BCUT2D eigenvalue weighted by Crippen LogP contribution is 2.06. The van der Waals surface area contributed by atoms with Crippen molar-refractivity contribution in [2.24, 2.45) is 0 Å². The van der Waals surface area contributed by atoms with Crippen LogP contribution in [0.3, 0.4) is 0 Å². The van der Waals surface area contributed by atoms with Gasteiger partial charge in [-0.25, -0.2) is 9.36 Å². The summed E-state index contributed by atoms with van der Waals surface area (Å²) in [5, 5.41) is 8.82. The molecule has 2 rings (SSSR count). The van der Waals surface area contributed by atoms with Crippen LogP contribution < -0.4 is 4.57 Å². The van der Waals surface area contributed by atoms with Crippen LogP contribution in [-0.2, 0) is 13.0 Å². The third-order valence-electron chi connectivity index (χ3n) is 3.36. The van der Waals surface area contributed by atoms with E-state index in [0.29, 0.717) is 5.56 Å². The highest BCUT2D eigenvalue weighted by Gasteiger charge is 2.05.